The minimum atomic E-state index is 0. The Labute approximate surface area is 122 Å². The average Bonchev–Trinajstić information content (AvgIpc) is 2.27. The Kier molecular flexibility index (Phi) is 8.72. The van der Waals surface area contributed by atoms with Crippen molar-refractivity contribution in [3.05, 3.63) is 25.3 Å². The van der Waals surface area contributed by atoms with Crippen molar-refractivity contribution in [2.24, 2.45) is 0 Å². The van der Waals surface area contributed by atoms with Gasteiger partial charge in [0.1, 0.15) is 0 Å². The molecule has 2 atom stereocenters. The zero-order valence-corrected chi connectivity index (χ0v) is 12.8. The van der Waals surface area contributed by atoms with Crippen LogP contribution in [-0.4, -0.2) is 60.5 Å². The molecule has 1 heterocycles. The van der Waals surface area contributed by atoms with Gasteiger partial charge in [0.05, 0.1) is 6.54 Å². The van der Waals surface area contributed by atoms with Crippen LogP contribution >= 0.6 is 12.4 Å². The van der Waals surface area contributed by atoms with E-state index in [0.29, 0.717) is 31.7 Å². The number of hydrogen-bond donors (Lipinski definition) is 1. The molecule has 110 valence electrons. The number of carbonyl (C=O) groups excluding carboxylic acids is 1. The minimum absolute atomic E-state index is 0. The van der Waals surface area contributed by atoms with Crippen LogP contribution in [0.4, 0.5) is 0 Å². The van der Waals surface area contributed by atoms with E-state index in [1.165, 1.54) is 0 Å². The molecular weight excluding hydrogens is 262 g/mol. The predicted molar refractivity (Wildman–Crippen MR) is 82.7 cm³/mol. The maximum Gasteiger partial charge on any atom is 0.237 e. The maximum absolute atomic E-state index is 12.2. The number of halogens is 1. The Morgan fingerprint density at radius 3 is 2.16 bits per heavy atom. The third-order valence-corrected chi connectivity index (χ3v) is 3.04. The summed E-state index contributed by atoms with van der Waals surface area (Å²) in [7, 11) is 0. The molecule has 1 amide bonds. The van der Waals surface area contributed by atoms with E-state index in [9.17, 15) is 4.79 Å². The summed E-state index contributed by atoms with van der Waals surface area (Å²) in [4.78, 5) is 16.2. The van der Waals surface area contributed by atoms with Crippen LogP contribution in [0.1, 0.15) is 13.8 Å². The van der Waals surface area contributed by atoms with Gasteiger partial charge in [0.2, 0.25) is 5.91 Å². The van der Waals surface area contributed by atoms with Crippen molar-refractivity contribution < 1.29 is 4.79 Å². The molecule has 0 aliphatic carbocycles. The fourth-order valence-corrected chi connectivity index (χ4v) is 2.45. The van der Waals surface area contributed by atoms with Crippen LogP contribution in [0.3, 0.4) is 0 Å². The van der Waals surface area contributed by atoms with Gasteiger partial charge in [-0.25, -0.2) is 0 Å². The summed E-state index contributed by atoms with van der Waals surface area (Å²) < 4.78 is 0. The van der Waals surface area contributed by atoms with E-state index in [1.54, 1.807) is 17.1 Å². The van der Waals surface area contributed by atoms with Gasteiger partial charge in [-0.3, -0.25) is 9.69 Å². The van der Waals surface area contributed by atoms with E-state index < -0.39 is 0 Å². The molecule has 1 aliphatic heterocycles. The number of hydrogen-bond acceptors (Lipinski definition) is 3. The molecule has 2 unspecified atom stereocenters. The molecule has 0 aromatic carbocycles. The normalized spacial score (nSPS) is 23.3. The smallest absolute Gasteiger partial charge is 0.237 e. The van der Waals surface area contributed by atoms with Crippen LogP contribution in [0.5, 0.6) is 0 Å². The summed E-state index contributed by atoms with van der Waals surface area (Å²) in [5, 5.41) is 3.46. The first-order chi connectivity index (χ1) is 8.56. The first-order valence-corrected chi connectivity index (χ1v) is 6.54. The molecule has 1 fully saturated rings. The fraction of sp³-hybridized carbons (Fsp3) is 0.643. The number of amides is 1. The third kappa shape index (κ3) is 6.23. The van der Waals surface area contributed by atoms with Gasteiger partial charge in [-0.05, 0) is 13.8 Å². The standard InChI is InChI=1S/C14H25N3O.ClH/c1-5-7-17(8-6-2)14(18)11-16-9-12(3)15-13(4)10-16;/h5-6,12-13,15H,1-2,7-11H2,3-4H3;1H. The quantitative estimate of drug-likeness (QED) is 0.748. The van der Waals surface area contributed by atoms with Crippen molar-refractivity contribution in [3.63, 3.8) is 0 Å². The lowest BCUT2D eigenvalue weighted by molar-refractivity contribution is -0.131. The molecule has 0 radical (unpaired) electrons. The highest BCUT2D eigenvalue weighted by Crippen LogP contribution is 2.05. The highest BCUT2D eigenvalue weighted by molar-refractivity contribution is 5.85. The zero-order chi connectivity index (χ0) is 13.5. The van der Waals surface area contributed by atoms with Gasteiger partial charge in [-0.1, -0.05) is 12.2 Å². The molecule has 4 nitrogen and oxygen atoms in total. The van der Waals surface area contributed by atoms with Gasteiger partial charge in [-0.2, -0.15) is 0 Å². The molecule has 5 heteroatoms. The lowest BCUT2D eigenvalue weighted by Crippen LogP contribution is -2.56. The first-order valence-electron chi connectivity index (χ1n) is 6.54. The summed E-state index contributed by atoms with van der Waals surface area (Å²) >= 11 is 0. The first kappa shape index (κ1) is 18.2. The Balaban J connectivity index is 0.00000324. The van der Waals surface area contributed by atoms with E-state index in [0.717, 1.165) is 13.1 Å². The zero-order valence-electron chi connectivity index (χ0n) is 12.0. The molecular formula is C14H26ClN3O. The third-order valence-electron chi connectivity index (χ3n) is 3.04. The average molecular weight is 288 g/mol. The Morgan fingerprint density at radius 2 is 1.74 bits per heavy atom. The van der Waals surface area contributed by atoms with Crippen LogP contribution in [0.15, 0.2) is 25.3 Å². The van der Waals surface area contributed by atoms with Gasteiger partial charge in [-0.15, -0.1) is 25.6 Å². The molecule has 0 aromatic heterocycles. The number of nitrogens with one attached hydrogen (secondary N) is 1. The minimum Gasteiger partial charge on any atom is -0.334 e. The molecule has 1 rings (SSSR count). The molecule has 0 saturated carbocycles. The Morgan fingerprint density at radius 1 is 1.26 bits per heavy atom. The van der Waals surface area contributed by atoms with Crippen molar-refractivity contribution in [1.29, 1.82) is 0 Å². The number of carbonyl (C=O) groups is 1. The van der Waals surface area contributed by atoms with Crippen molar-refractivity contribution in [1.82, 2.24) is 15.1 Å². The fourth-order valence-electron chi connectivity index (χ4n) is 2.45. The lowest BCUT2D eigenvalue weighted by atomic mass is 10.1. The van der Waals surface area contributed by atoms with E-state index in [4.69, 9.17) is 0 Å². The molecule has 0 aromatic rings. The summed E-state index contributed by atoms with van der Waals surface area (Å²) in [6, 6.07) is 0.877. The molecule has 1 N–H and O–H groups in total. The lowest BCUT2D eigenvalue weighted by Gasteiger charge is -2.36. The number of piperazine rings is 1. The second-order valence-corrected chi connectivity index (χ2v) is 5.04. The van der Waals surface area contributed by atoms with E-state index in [-0.39, 0.29) is 18.3 Å². The number of nitrogens with zero attached hydrogens (tertiary/aromatic N) is 2. The molecule has 19 heavy (non-hydrogen) atoms. The second-order valence-electron chi connectivity index (χ2n) is 5.04. The van der Waals surface area contributed by atoms with E-state index in [1.807, 2.05) is 0 Å². The molecule has 0 spiro atoms. The summed E-state index contributed by atoms with van der Waals surface area (Å²) in [6.45, 7) is 15.2. The second kappa shape index (κ2) is 9.13. The van der Waals surface area contributed by atoms with E-state index in [2.05, 4.69) is 37.2 Å². The van der Waals surface area contributed by atoms with E-state index >= 15 is 0 Å². The highest BCUT2D eigenvalue weighted by atomic mass is 35.5. The molecule has 1 saturated heterocycles. The predicted octanol–water partition coefficient (Wildman–Crippen LogP) is 1.29. The van der Waals surface area contributed by atoms with Crippen LogP contribution in [0, 0.1) is 0 Å². The van der Waals surface area contributed by atoms with Crippen molar-refractivity contribution in [2.75, 3.05) is 32.7 Å². The van der Waals surface area contributed by atoms with Crippen LogP contribution < -0.4 is 5.32 Å². The molecule has 1 aliphatic rings. The van der Waals surface area contributed by atoms with Gasteiger partial charge in [0, 0.05) is 38.3 Å². The maximum atomic E-state index is 12.2. The largest absolute Gasteiger partial charge is 0.334 e. The van der Waals surface area contributed by atoms with Crippen LogP contribution in [0.2, 0.25) is 0 Å². The molecule has 0 bridgehead atoms. The summed E-state index contributed by atoms with van der Waals surface area (Å²) in [5.41, 5.74) is 0. The van der Waals surface area contributed by atoms with Crippen LogP contribution in [-0.2, 0) is 4.79 Å². The van der Waals surface area contributed by atoms with Crippen molar-refractivity contribution in [2.45, 2.75) is 25.9 Å². The number of rotatable bonds is 6. The van der Waals surface area contributed by atoms with Crippen molar-refractivity contribution in [3.8, 4) is 0 Å². The van der Waals surface area contributed by atoms with Gasteiger partial charge in [0.15, 0.2) is 0 Å². The van der Waals surface area contributed by atoms with Crippen molar-refractivity contribution >= 4 is 18.3 Å². The Bertz CT molecular complexity index is 289. The highest BCUT2D eigenvalue weighted by Gasteiger charge is 2.23. The van der Waals surface area contributed by atoms with Crippen LogP contribution in [0.25, 0.3) is 0 Å². The van der Waals surface area contributed by atoms with Gasteiger partial charge < -0.3 is 10.2 Å². The summed E-state index contributed by atoms with van der Waals surface area (Å²) in [6.07, 6.45) is 3.51. The summed E-state index contributed by atoms with van der Waals surface area (Å²) in [5.74, 6) is 0.149. The topological polar surface area (TPSA) is 35.6 Å². The Hall–Kier alpha value is -0.840. The monoisotopic (exact) mass is 287 g/mol. The SMILES string of the molecule is C=CCN(CC=C)C(=O)CN1CC(C)NC(C)C1.Cl. The van der Waals surface area contributed by atoms with Gasteiger partial charge in [0.25, 0.3) is 0 Å². The van der Waals surface area contributed by atoms with Gasteiger partial charge >= 0.3 is 0 Å².